The first kappa shape index (κ1) is 12.9. The van der Waals surface area contributed by atoms with Gasteiger partial charge in [0.15, 0.2) is 0 Å². The van der Waals surface area contributed by atoms with E-state index in [1.165, 1.54) is 5.56 Å². The van der Waals surface area contributed by atoms with Crippen molar-refractivity contribution in [1.29, 1.82) is 0 Å². The summed E-state index contributed by atoms with van der Waals surface area (Å²) in [7, 11) is 3.90. The molecule has 0 amide bonds. The summed E-state index contributed by atoms with van der Waals surface area (Å²) in [5, 5.41) is 3.40. The Labute approximate surface area is 98.1 Å². The van der Waals surface area contributed by atoms with Crippen molar-refractivity contribution in [2.75, 3.05) is 25.5 Å². The number of aromatic nitrogens is 2. The first-order valence-corrected chi connectivity index (χ1v) is 5.71. The van der Waals surface area contributed by atoms with Crippen LogP contribution >= 0.6 is 0 Å². The Morgan fingerprint density at radius 1 is 1.38 bits per heavy atom. The molecular weight excluding hydrogens is 200 g/mol. The Kier molecular flexibility index (Phi) is 4.68. The fourth-order valence-electron chi connectivity index (χ4n) is 1.36. The molecule has 0 aliphatic carbocycles. The maximum atomic E-state index is 4.45. The van der Waals surface area contributed by atoms with Gasteiger partial charge in [-0.3, -0.25) is 0 Å². The minimum absolute atomic E-state index is 0.669. The van der Waals surface area contributed by atoms with E-state index in [0.29, 0.717) is 5.92 Å². The van der Waals surface area contributed by atoms with E-state index in [4.69, 9.17) is 0 Å². The highest BCUT2D eigenvalue weighted by Crippen LogP contribution is 2.08. The van der Waals surface area contributed by atoms with Crippen LogP contribution < -0.4 is 10.2 Å². The van der Waals surface area contributed by atoms with E-state index >= 15 is 0 Å². The summed E-state index contributed by atoms with van der Waals surface area (Å²) in [4.78, 5) is 10.7. The van der Waals surface area contributed by atoms with Crippen molar-refractivity contribution in [2.45, 2.75) is 27.3 Å². The van der Waals surface area contributed by atoms with E-state index in [1.54, 1.807) is 0 Å². The van der Waals surface area contributed by atoms with E-state index in [-0.39, 0.29) is 0 Å². The third-order valence-electron chi connectivity index (χ3n) is 2.34. The highest BCUT2D eigenvalue weighted by Gasteiger charge is 2.04. The van der Waals surface area contributed by atoms with Crippen LogP contribution in [0.1, 0.15) is 25.1 Å². The monoisotopic (exact) mass is 222 g/mol. The largest absolute Gasteiger partial charge is 0.347 e. The van der Waals surface area contributed by atoms with Crippen LogP contribution in [-0.2, 0) is 6.54 Å². The smallest absolute Gasteiger partial charge is 0.224 e. The zero-order valence-corrected chi connectivity index (χ0v) is 10.9. The van der Waals surface area contributed by atoms with Crippen molar-refractivity contribution >= 4 is 5.95 Å². The summed E-state index contributed by atoms with van der Waals surface area (Å²) in [5.41, 5.74) is 2.22. The molecule has 0 unspecified atom stereocenters. The van der Waals surface area contributed by atoms with Gasteiger partial charge in [-0.05, 0) is 19.4 Å². The first-order chi connectivity index (χ1) is 7.50. The molecule has 90 valence electrons. The molecule has 4 heteroatoms. The summed E-state index contributed by atoms with van der Waals surface area (Å²) < 4.78 is 0. The molecule has 16 heavy (non-hydrogen) atoms. The standard InChI is InChI=1S/C12H22N4/c1-9(2)6-13-7-11-8-14-12(16(4)5)15-10(11)3/h8-9,13H,6-7H2,1-5H3. The quantitative estimate of drug-likeness (QED) is 0.821. The fourth-order valence-corrected chi connectivity index (χ4v) is 1.36. The van der Waals surface area contributed by atoms with E-state index in [2.05, 4.69) is 29.1 Å². The maximum absolute atomic E-state index is 4.45. The van der Waals surface area contributed by atoms with E-state index in [1.807, 2.05) is 32.1 Å². The first-order valence-electron chi connectivity index (χ1n) is 5.71. The minimum Gasteiger partial charge on any atom is -0.347 e. The van der Waals surface area contributed by atoms with Gasteiger partial charge in [0.25, 0.3) is 0 Å². The molecule has 1 aromatic heterocycles. The normalized spacial score (nSPS) is 10.9. The number of anilines is 1. The third-order valence-corrected chi connectivity index (χ3v) is 2.34. The number of rotatable bonds is 5. The van der Waals surface area contributed by atoms with Gasteiger partial charge in [0.05, 0.1) is 0 Å². The fraction of sp³-hybridized carbons (Fsp3) is 0.667. The zero-order chi connectivity index (χ0) is 12.1. The van der Waals surface area contributed by atoms with Crippen molar-refractivity contribution in [3.05, 3.63) is 17.5 Å². The summed E-state index contributed by atoms with van der Waals surface area (Å²) in [6, 6.07) is 0. The molecule has 0 aliphatic heterocycles. The Bertz CT molecular complexity index is 334. The lowest BCUT2D eigenvalue weighted by atomic mass is 10.2. The molecule has 0 fully saturated rings. The van der Waals surface area contributed by atoms with Crippen molar-refractivity contribution in [2.24, 2.45) is 5.92 Å². The van der Waals surface area contributed by atoms with Gasteiger partial charge in [0.1, 0.15) is 0 Å². The summed E-state index contributed by atoms with van der Waals surface area (Å²) in [5.74, 6) is 1.44. The number of hydrogen-bond acceptors (Lipinski definition) is 4. The molecule has 1 rings (SSSR count). The van der Waals surface area contributed by atoms with Crippen LogP contribution in [0.3, 0.4) is 0 Å². The van der Waals surface area contributed by atoms with Crippen LogP contribution in [-0.4, -0.2) is 30.6 Å². The highest BCUT2D eigenvalue weighted by atomic mass is 15.2. The van der Waals surface area contributed by atoms with E-state index < -0.39 is 0 Å². The highest BCUT2D eigenvalue weighted by molar-refractivity contribution is 5.30. The van der Waals surface area contributed by atoms with Gasteiger partial charge in [-0.2, -0.15) is 0 Å². The van der Waals surface area contributed by atoms with Gasteiger partial charge in [0.2, 0.25) is 5.95 Å². The second kappa shape index (κ2) is 5.80. The van der Waals surface area contributed by atoms with Gasteiger partial charge in [-0.15, -0.1) is 0 Å². The van der Waals surface area contributed by atoms with Crippen molar-refractivity contribution in [3.63, 3.8) is 0 Å². The second-order valence-corrected chi connectivity index (χ2v) is 4.70. The van der Waals surface area contributed by atoms with Crippen LogP contribution in [0.2, 0.25) is 0 Å². The Morgan fingerprint density at radius 3 is 2.56 bits per heavy atom. The molecule has 0 aliphatic rings. The molecular formula is C12H22N4. The Balaban J connectivity index is 2.61. The molecule has 0 bridgehead atoms. The summed E-state index contributed by atoms with van der Waals surface area (Å²) in [6.07, 6.45) is 1.91. The Hall–Kier alpha value is -1.16. The van der Waals surface area contributed by atoms with Crippen LogP contribution in [0.4, 0.5) is 5.95 Å². The van der Waals surface area contributed by atoms with Crippen molar-refractivity contribution < 1.29 is 0 Å². The average molecular weight is 222 g/mol. The number of aryl methyl sites for hydroxylation is 1. The molecule has 0 spiro atoms. The summed E-state index contributed by atoms with van der Waals surface area (Å²) in [6.45, 7) is 8.30. The number of nitrogens with zero attached hydrogens (tertiary/aromatic N) is 3. The number of hydrogen-bond donors (Lipinski definition) is 1. The second-order valence-electron chi connectivity index (χ2n) is 4.70. The van der Waals surface area contributed by atoms with Gasteiger partial charge >= 0.3 is 0 Å². The summed E-state index contributed by atoms with van der Waals surface area (Å²) >= 11 is 0. The molecule has 0 saturated heterocycles. The predicted octanol–water partition coefficient (Wildman–Crippen LogP) is 1.60. The Morgan fingerprint density at radius 2 is 2.06 bits per heavy atom. The van der Waals surface area contributed by atoms with E-state index in [0.717, 1.165) is 24.7 Å². The van der Waals surface area contributed by atoms with Crippen LogP contribution in [0, 0.1) is 12.8 Å². The molecule has 0 aromatic carbocycles. The van der Waals surface area contributed by atoms with Gasteiger partial charge in [-0.1, -0.05) is 13.8 Å². The molecule has 0 atom stereocenters. The zero-order valence-electron chi connectivity index (χ0n) is 10.9. The molecule has 1 N–H and O–H groups in total. The van der Waals surface area contributed by atoms with Gasteiger partial charge in [-0.25, -0.2) is 9.97 Å². The molecule has 4 nitrogen and oxygen atoms in total. The van der Waals surface area contributed by atoms with Crippen molar-refractivity contribution in [3.8, 4) is 0 Å². The molecule has 0 radical (unpaired) electrons. The SMILES string of the molecule is Cc1nc(N(C)C)ncc1CNCC(C)C. The van der Waals surface area contributed by atoms with Crippen molar-refractivity contribution in [1.82, 2.24) is 15.3 Å². The third kappa shape index (κ3) is 3.77. The van der Waals surface area contributed by atoms with Crippen LogP contribution in [0.25, 0.3) is 0 Å². The van der Waals surface area contributed by atoms with E-state index in [9.17, 15) is 0 Å². The predicted molar refractivity (Wildman–Crippen MR) is 67.6 cm³/mol. The lowest BCUT2D eigenvalue weighted by Gasteiger charge is -2.13. The lowest BCUT2D eigenvalue weighted by Crippen LogP contribution is -2.20. The lowest BCUT2D eigenvalue weighted by molar-refractivity contribution is 0.550. The maximum Gasteiger partial charge on any atom is 0.224 e. The van der Waals surface area contributed by atoms with Crippen LogP contribution in [0.5, 0.6) is 0 Å². The average Bonchev–Trinajstić information content (AvgIpc) is 2.19. The topological polar surface area (TPSA) is 41.1 Å². The number of nitrogens with one attached hydrogen (secondary N) is 1. The molecule has 1 aromatic rings. The van der Waals surface area contributed by atoms with Crippen LogP contribution in [0.15, 0.2) is 6.20 Å². The minimum atomic E-state index is 0.669. The van der Waals surface area contributed by atoms with Gasteiger partial charge in [0, 0.05) is 38.1 Å². The molecule has 0 saturated carbocycles. The molecule has 1 heterocycles. The van der Waals surface area contributed by atoms with Gasteiger partial charge < -0.3 is 10.2 Å².